The zero-order valence-electron chi connectivity index (χ0n) is 8.98. The van der Waals surface area contributed by atoms with Crippen LogP contribution in [0.2, 0.25) is 0 Å². The van der Waals surface area contributed by atoms with E-state index in [0.717, 1.165) is 12.1 Å². The lowest BCUT2D eigenvalue weighted by Crippen LogP contribution is -2.52. The number of carbonyl (C=O) groups is 1. The van der Waals surface area contributed by atoms with Crippen LogP contribution in [0.3, 0.4) is 0 Å². The predicted octanol–water partition coefficient (Wildman–Crippen LogP) is 1.73. The van der Waals surface area contributed by atoms with Crippen LogP contribution in [-0.2, 0) is 9.53 Å². The van der Waals surface area contributed by atoms with E-state index in [2.05, 4.69) is 5.32 Å². The number of nitrogens with one attached hydrogen (secondary N) is 1. The number of rotatable bonds is 3. The number of carboxylic acids is 1. The number of ether oxygens (including phenoxy) is 1. The van der Waals surface area contributed by atoms with E-state index >= 15 is 0 Å². The van der Waals surface area contributed by atoms with Crippen molar-refractivity contribution in [2.24, 2.45) is 0 Å². The lowest BCUT2D eigenvalue weighted by atomic mass is 9.92. The Morgan fingerprint density at radius 3 is 2.69 bits per heavy atom. The van der Waals surface area contributed by atoms with Crippen molar-refractivity contribution in [3.63, 3.8) is 0 Å². The highest BCUT2D eigenvalue weighted by atomic mass is 16.5. The summed E-state index contributed by atoms with van der Waals surface area (Å²) in [7, 11) is 0. The van der Waals surface area contributed by atoms with E-state index in [9.17, 15) is 9.90 Å². The maximum atomic E-state index is 11.3. The molecule has 1 saturated heterocycles. The van der Waals surface area contributed by atoms with Crippen molar-refractivity contribution in [3.05, 3.63) is 30.3 Å². The van der Waals surface area contributed by atoms with Crippen LogP contribution in [0, 0.1) is 0 Å². The molecule has 0 saturated carbocycles. The number of hydrogen-bond donors (Lipinski definition) is 2. The van der Waals surface area contributed by atoms with Crippen molar-refractivity contribution >= 4 is 11.7 Å². The third-order valence-corrected chi connectivity index (χ3v) is 2.81. The molecule has 16 heavy (non-hydrogen) atoms. The van der Waals surface area contributed by atoms with Gasteiger partial charge in [-0.2, -0.15) is 0 Å². The Labute approximate surface area is 94.2 Å². The minimum absolute atomic E-state index is 0.219. The molecule has 1 atom stereocenters. The van der Waals surface area contributed by atoms with Crippen LogP contribution in [0.5, 0.6) is 0 Å². The topological polar surface area (TPSA) is 58.6 Å². The van der Waals surface area contributed by atoms with E-state index < -0.39 is 11.5 Å². The number of carboxylic acid groups (broad SMARTS) is 1. The van der Waals surface area contributed by atoms with Crippen molar-refractivity contribution < 1.29 is 14.6 Å². The van der Waals surface area contributed by atoms with E-state index in [4.69, 9.17) is 4.74 Å². The summed E-state index contributed by atoms with van der Waals surface area (Å²) in [5.41, 5.74) is -0.157. The molecule has 1 fully saturated rings. The molecule has 0 radical (unpaired) electrons. The molecule has 1 heterocycles. The van der Waals surface area contributed by atoms with E-state index in [1.165, 1.54) is 0 Å². The molecule has 86 valence electrons. The van der Waals surface area contributed by atoms with E-state index in [1.54, 1.807) is 0 Å². The van der Waals surface area contributed by atoms with Crippen LogP contribution in [0.1, 0.15) is 12.8 Å². The lowest BCUT2D eigenvalue weighted by molar-refractivity contribution is -0.146. The van der Waals surface area contributed by atoms with Gasteiger partial charge in [-0.15, -0.1) is 0 Å². The summed E-state index contributed by atoms with van der Waals surface area (Å²) in [5, 5.41) is 12.4. The van der Waals surface area contributed by atoms with Gasteiger partial charge in [0.1, 0.15) is 0 Å². The fraction of sp³-hybridized carbons (Fsp3) is 0.417. The minimum atomic E-state index is -0.973. The normalized spacial score (nSPS) is 25.0. The molecule has 0 spiro atoms. The Hall–Kier alpha value is -1.55. The van der Waals surface area contributed by atoms with Crippen LogP contribution >= 0.6 is 0 Å². The van der Waals surface area contributed by atoms with E-state index in [-0.39, 0.29) is 6.61 Å². The summed E-state index contributed by atoms with van der Waals surface area (Å²) in [6.45, 7) is 0.864. The van der Waals surface area contributed by atoms with Crippen LogP contribution in [0.25, 0.3) is 0 Å². The van der Waals surface area contributed by atoms with Gasteiger partial charge in [0.05, 0.1) is 6.61 Å². The zero-order valence-corrected chi connectivity index (χ0v) is 8.98. The largest absolute Gasteiger partial charge is 0.479 e. The molecule has 1 aromatic rings. The predicted molar refractivity (Wildman–Crippen MR) is 60.5 cm³/mol. The molecule has 1 aliphatic heterocycles. The van der Waals surface area contributed by atoms with Crippen LogP contribution in [-0.4, -0.2) is 29.8 Å². The van der Waals surface area contributed by atoms with Crippen LogP contribution in [0.4, 0.5) is 5.69 Å². The van der Waals surface area contributed by atoms with Gasteiger partial charge in [0, 0.05) is 12.3 Å². The van der Waals surface area contributed by atoms with Crippen molar-refractivity contribution in [3.8, 4) is 0 Å². The third-order valence-electron chi connectivity index (χ3n) is 2.81. The Kier molecular flexibility index (Phi) is 3.10. The molecular weight excluding hydrogens is 206 g/mol. The Morgan fingerprint density at radius 2 is 2.12 bits per heavy atom. The van der Waals surface area contributed by atoms with Gasteiger partial charge in [0.25, 0.3) is 0 Å². The van der Waals surface area contributed by atoms with E-state index in [1.807, 2.05) is 30.3 Å². The number of benzene rings is 1. The molecule has 2 N–H and O–H groups in total. The highest BCUT2D eigenvalue weighted by Crippen LogP contribution is 2.24. The molecule has 1 aliphatic rings. The molecule has 2 rings (SSSR count). The maximum Gasteiger partial charge on any atom is 0.331 e. The standard InChI is InChI=1S/C12H15NO3/c14-11(15)12(7-4-8-16-9-12)13-10-5-2-1-3-6-10/h1-3,5-6,13H,4,7-9H2,(H,14,15). The average molecular weight is 221 g/mol. The summed E-state index contributed by atoms with van der Waals surface area (Å²) in [5.74, 6) is -0.851. The molecule has 4 heteroatoms. The second-order valence-electron chi connectivity index (χ2n) is 4.03. The first kappa shape index (κ1) is 11.0. The van der Waals surface area contributed by atoms with Gasteiger partial charge in [-0.3, -0.25) is 0 Å². The fourth-order valence-electron chi connectivity index (χ4n) is 1.91. The lowest BCUT2D eigenvalue weighted by Gasteiger charge is -2.34. The van der Waals surface area contributed by atoms with E-state index in [0.29, 0.717) is 13.0 Å². The van der Waals surface area contributed by atoms with Crippen molar-refractivity contribution in [1.82, 2.24) is 0 Å². The SMILES string of the molecule is O=C(O)C1(Nc2ccccc2)CCCOC1. The summed E-state index contributed by atoms with van der Waals surface area (Å²) in [4.78, 5) is 11.3. The first-order chi connectivity index (χ1) is 7.73. The Balaban J connectivity index is 2.17. The van der Waals surface area contributed by atoms with Crippen molar-refractivity contribution in [2.75, 3.05) is 18.5 Å². The summed E-state index contributed by atoms with van der Waals surface area (Å²) >= 11 is 0. The zero-order chi connectivity index (χ0) is 11.4. The molecule has 1 aromatic carbocycles. The van der Waals surface area contributed by atoms with Gasteiger partial charge in [0.2, 0.25) is 0 Å². The number of anilines is 1. The number of hydrogen-bond acceptors (Lipinski definition) is 3. The molecule has 0 aromatic heterocycles. The molecule has 0 amide bonds. The quantitative estimate of drug-likeness (QED) is 0.816. The molecule has 0 aliphatic carbocycles. The monoisotopic (exact) mass is 221 g/mol. The van der Waals surface area contributed by atoms with Crippen LogP contribution in [0.15, 0.2) is 30.3 Å². The second kappa shape index (κ2) is 4.53. The summed E-state index contributed by atoms with van der Waals surface area (Å²) in [6, 6.07) is 9.37. The third kappa shape index (κ3) is 2.17. The molecule has 1 unspecified atom stereocenters. The maximum absolute atomic E-state index is 11.3. The first-order valence-electron chi connectivity index (χ1n) is 5.37. The van der Waals surface area contributed by atoms with Gasteiger partial charge < -0.3 is 15.2 Å². The van der Waals surface area contributed by atoms with Gasteiger partial charge in [0.15, 0.2) is 5.54 Å². The summed E-state index contributed by atoms with van der Waals surface area (Å²) in [6.07, 6.45) is 1.36. The first-order valence-corrected chi connectivity index (χ1v) is 5.37. The second-order valence-corrected chi connectivity index (χ2v) is 4.03. The van der Waals surface area contributed by atoms with Crippen molar-refractivity contribution in [2.45, 2.75) is 18.4 Å². The average Bonchev–Trinajstić information content (AvgIpc) is 2.31. The smallest absolute Gasteiger partial charge is 0.331 e. The minimum Gasteiger partial charge on any atom is -0.479 e. The van der Waals surface area contributed by atoms with Gasteiger partial charge in [-0.05, 0) is 25.0 Å². The molecule has 4 nitrogen and oxygen atoms in total. The Morgan fingerprint density at radius 1 is 1.38 bits per heavy atom. The highest BCUT2D eigenvalue weighted by Gasteiger charge is 2.40. The molecule has 0 bridgehead atoms. The van der Waals surface area contributed by atoms with Crippen LogP contribution < -0.4 is 5.32 Å². The van der Waals surface area contributed by atoms with Gasteiger partial charge in [-0.25, -0.2) is 4.79 Å². The Bertz CT molecular complexity index is 358. The van der Waals surface area contributed by atoms with Crippen molar-refractivity contribution in [1.29, 1.82) is 0 Å². The van der Waals surface area contributed by atoms with Gasteiger partial charge in [-0.1, -0.05) is 18.2 Å². The fourth-order valence-corrected chi connectivity index (χ4v) is 1.91. The number of para-hydroxylation sites is 1. The van der Waals surface area contributed by atoms with Gasteiger partial charge >= 0.3 is 5.97 Å². The number of aliphatic carboxylic acids is 1. The highest BCUT2D eigenvalue weighted by molar-refractivity contribution is 5.83. The molecular formula is C12H15NO3. The summed E-state index contributed by atoms with van der Waals surface area (Å²) < 4.78 is 5.28.